The quantitative estimate of drug-likeness (QED) is 0.0475. The second kappa shape index (κ2) is 34.7. The number of carboxylic acid groups (broad SMARTS) is 1. The van der Waals surface area contributed by atoms with E-state index in [1.54, 1.807) is 0 Å². The van der Waals surface area contributed by atoms with Gasteiger partial charge in [0.1, 0.15) is 72.0 Å². The highest BCUT2D eigenvalue weighted by atomic mass is 35.5. The molecule has 0 fully saturated rings. The number of ether oxygens (including phenoxy) is 10. The highest BCUT2D eigenvalue weighted by Crippen LogP contribution is 1.99. The van der Waals surface area contributed by atoms with Crippen LogP contribution in [0, 0.1) is 0 Å². The van der Waals surface area contributed by atoms with Gasteiger partial charge >= 0.3 is 30.6 Å². The molecule has 0 spiro atoms. The Bertz CT molecular complexity index is 873. The van der Waals surface area contributed by atoms with E-state index in [2.05, 4.69) is 25.5 Å². The summed E-state index contributed by atoms with van der Waals surface area (Å²) in [7, 11) is 3.94. The number of aliphatic hydroxyl groups is 1. The summed E-state index contributed by atoms with van der Waals surface area (Å²) in [6.45, 7) is 5.09. The summed E-state index contributed by atoms with van der Waals surface area (Å²) in [5.74, 6) is -0.686. The standard InChI is InChI=1S/C25H41NO17.4CH4.ClH/c1-19(2)21(28)42-17-20(27)18-43-25(33)41-16-15-40-24(32)38-12-10-35-8-6-26(3,4)5-7-34-9-11-37-23(31)39-14-13-36-22(29)30;;;;;/h20,27H,1,5-18H2,2-4H3;4*1H4;1H. The van der Waals surface area contributed by atoms with Gasteiger partial charge in [0, 0.05) is 5.57 Å². The minimum Gasteiger partial charge on any atom is -1.00 e. The van der Waals surface area contributed by atoms with Gasteiger partial charge in [-0.1, -0.05) is 36.3 Å². The molecule has 19 heteroatoms. The summed E-state index contributed by atoms with van der Waals surface area (Å²) in [6, 6.07) is 0. The number of hydrogen-bond donors (Lipinski definition) is 2. The lowest BCUT2D eigenvalue weighted by molar-refractivity contribution is -0.891. The molecular weight excluding hydrogens is 670 g/mol. The van der Waals surface area contributed by atoms with Crippen molar-refractivity contribution in [3.05, 3.63) is 12.2 Å². The van der Waals surface area contributed by atoms with Crippen LogP contribution in [0.25, 0.3) is 0 Å². The number of quaternary nitrogens is 1. The Labute approximate surface area is 290 Å². The number of esters is 1. The molecule has 0 radical (unpaired) electrons. The molecule has 0 aromatic heterocycles. The molecule has 0 rings (SSSR count). The van der Waals surface area contributed by atoms with Crippen LogP contribution in [0.2, 0.25) is 0 Å². The maximum absolute atomic E-state index is 11.6. The van der Waals surface area contributed by atoms with Crippen molar-refractivity contribution in [3.63, 3.8) is 0 Å². The number of carbonyl (C=O) groups excluding carboxylic acids is 4. The van der Waals surface area contributed by atoms with Crippen LogP contribution in [0.1, 0.15) is 36.6 Å². The van der Waals surface area contributed by atoms with E-state index in [-0.39, 0.29) is 107 Å². The second-order valence-corrected chi connectivity index (χ2v) is 9.06. The Kier molecular flexibility index (Phi) is 41.1. The maximum Gasteiger partial charge on any atom is 0.508 e. The molecule has 0 saturated carbocycles. The molecule has 1 atom stereocenters. The third kappa shape index (κ3) is 36.9. The zero-order valence-corrected chi connectivity index (χ0v) is 25.8. The van der Waals surface area contributed by atoms with Crippen LogP contribution >= 0.6 is 0 Å². The van der Waals surface area contributed by atoms with Gasteiger partial charge in [-0.3, -0.25) is 0 Å². The van der Waals surface area contributed by atoms with E-state index in [0.717, 1.165) is 0 Å². The molecule has 18 nitrogen and oxygen atoms in total. The molecule has 0 aromatic rings. The van der Waals surface area contributed by atoms with Gasteiger partial charge in [0.05, 0.1) is 40.5 Å². The van der Waals surface area contributed by atoms with E-state index < -0.39 is 43.3 Å². The SMILES string of the molecule is C.C.C.C.C=C(C)C(=O)OCC(O)COC(=O)OCCOC(=O)OCCOCC[N+](C)(C)CCOCCOC(=O)OCCOC(=O)O.[Cl-]. The average Bonchev–Trinajstić information content (AvgIpc) is 2.94. The van der Waals surface area contributed by atoms with E-state index in [1.165, 1.54) is 6.92 Å². The van der Waals surface area contributed by atoms with Crippen LogP contribution < -0.4 is 12.4 Å². The van der Waals surface area contributed by atoms with E-state index in [9.17, 15) is 29.1 Å². The van der Waals surface area contributed by atoms with E-state index in [4.69, 9.17) is 33.5 Å². The summed E-state index contributed by atoms with van der Waals surface area (Å²) >= 11 is 0. The molecule has 0 saturated heterocycles. The highest BCUT2D eigenvalue weighted by molar-refractivity contribution is 5.86. The first-order valence-corrected chi connectivity index (χ1v) is 13.0. The predicted octanol–water partition coefficient (Wildman–Crippen LogP) is 0.279. The molecule has 288 valence electrons. The normalized spacial score (nSPS) is 10.2. The molecule has 0 aliphatic heterocycles. The number of rotatable bonds is 23. The van der Waals surface area contributed by atoms with Crippen molar-refractivity contribution in [2.24, 2.45) is 0 Å². The lowest BCUT2D eigenvalue weighted by Crippen LogP contribution is -3.00. The van der Waals surface area contributed by atoms with Crippen molar-refractivity contribution in [2.45, 2.75) is 42.7 Å². The number of carbonyl (C=O) groups is 5. The number of aliphatic hydroxyl groups excluding tert-OH is 1. The number of likely N-dealkylation sites (N-methyl/N-ethyl adjacent to an activating group) is 1. The summed E-state index contributed by atoms with van der Waals surface area (Å²) in [6.07, 6.45) is -5.76. The van der Waals surface area contributed by atoms with Gasteiger partial charge in [-0.05, 0) is 6.92 Å². The van der Waals surface area contributed by atoms with Crippen LogP contribution in [0.3, 0.4) is 0 Å². The second-order valence-electron chi connectivity index (χ2n) is 9.06. The van der Waals surface area contributed by atoms with E-state index in [1.807, 2.05) is 14.1 Å². The zero-order valence-electron chi connectivity index (χ0n) is 25.0. The van der Waals surface area contributed by atoms with Gasteiger partial charge in [0.25, 0.3) is 0 Å². The first-order valence-electron chi connectivity index (χ1n) is 13.0. The molecule has 0 amide bonds. The van der Waals surface area contributed by atoms with Gasteiger partial charge in [-0.15, -0.1) is 0 Å². The fraction of sp³-hybridized carbons (Fsp3) is 0.759. The van der Waals surface area contributed by atoms with Crippen molar-refractivity contribution in [2.75, 3.05) is 106 Å². The first kappa shape index (κ1) is 56.7. The van der Waals surface area contributed by atoms with Crippen LogP contribution in [-0.4, -0.2) is 158 Å². The fourth-order valence-electron chi connectivity index (χ4n) is 2.44. The molecule has 48 heavy (non-hydrogen) atoms. The van der Waals surface area contributed by atoms with Crippen LogP contribution in [-0.2, 0) is 52.2 Å². The molecule has 0 aliphatic rings. The fourth-order valence-corrected chi connectivity index (χ4v) is 2.44. The molecule has 0 bridgehead atoms. The van der Waals surface area contributed by atoms with Crippen molar-refractivity contribution in [1.29, 1.82) is 0 Å². The molecule has 2 N–H and O–H groups in total. The molecule has 0 aliphatic carbocycles. The average molecular weight is 728 g/mol. The van der Waals surface area contributed by atoms with Gasteiger partial charge in [-0.2, -0.15) is 0 Å². The Morgan fingerprint density at radius 1 is 0.583 bits per heavy atom. The predicted molar refractivity (Wildman–Crippen MR) is 168 cm³/mol. The third-order valence-corrected chi connectivity index (χ3v) is 4.78. The van der Waals surface area contributed by atoms with Crippen molar-refractivity contribution >= 4 is 30.6 Å². The van der Waals surface area contributed by atoms with Gasteiger partial charge in [0.15, 0.2) is 0 Å². The molecule has 0 aromatic carbocycles. The van der Waals surface area contributed by atoms with Crippen LogP contribution in [0.4, 0.5) is 19.2 Å². The number of halogens is 1. The Balaban J connectivity index is -0.000000882. The van der Waals surface area contributed by atoms with Gasteiger partial charge < -0.3 is 74.5 Å². The Morgan fingerprint density at radius 3 is 1.29 bits per heavy atom. The highest BCUT2D eigenvalue weighted by Gasteiger charge is 2.16. The van der Waals surface area contributed by atoms with Crippen molar-refractivity contribution < 1.29 is 98.4 Å². The molecule has 0 heterocycles. The lowest BCUT2D eigenvalue weighted by atomic mass is 10.3. The van der Waals surface area contributed by atoms with E-state index >= 15 is 0 Å². The third-order valence-electron chi connectivity index (χ3n) is 4.78. The van der Waals surface area contributed by atoms with E-state index in [0.29, 0.717) is 30.8 Å². The topological polar surface area (TPSA) is 218 Å². The lowest BCUT2D eigenvalue weighted by Gasteiger charge is -2.29. The Hall–Kier alpha value is -3.58. The molecular formula is C29H58ClNO17. The van der Waals surface area contributed by atoms with Gasteiger partial charge in [0.2, 0.25) is 0 Å². The minimum atomic E-state index is -1.46. The summed E-state index contributed by atoms with van der Waals surface area (Å²) < 4.78 is 48.6. The number of nitrogens with zero attached hydrogens (tertiary/aromatic N) is 1. The van der Waals surface area contributed by atoms with Crippen molar-refractivity contribution in [1.82, 2.24) is 0 Å². The maximum atomic E-state index is 11.6. The number of hydrogen-bond acceptors (Lipinski definition) is 16. The molecule has 1 unspecified atom stereocenters. The largest absolute Gasteiger partial charge is 1.00 e. The summed E-state index contributed by atoms with van der Waals surface area (Å²) in [4.78, 5) is 55.6. The smallest absolute Gasteiger partial charge is 0.508 e. The minimum absolute atomic E-state index is 0. The van der Waals surface area contributed by atoms with Crippen LogP contribution in [0.5, 0.6) is 0 Å². The summed E-state index contributed by atoms with van der Waals surface area (Å²) in [5.41, 5.74) is 0.160. The first-order chi connectivity index (χ1) is 20.3. The van der Waals surface area contributed by atoms with Gasteiger partial charge in [-0.25, -0.2) is 24.0 Å². The monoisotopic (exact) mass is 727 g/mol. The van der Waals surface area contributed by atoms with Crippen LogP contribution in [0.15, 0.2) is 12.2 Å². The van der Waals surface area contributed by atoms with Crippen molar-refractivity contribution in [3.8, 4) is 0 Å². The zero-order chi connectivity index (χ0) is 32.5. The summed E-state index contributed by atoms with van der Waals surface area (Å²) in [5, 5.41) is 17.9. The Morgan fingerprint density at radius 2 is 0.917 bits per heavy atom.